The van der Waals surface area contributed by atoms with Crippen molar-refractivity contribution in [2.24, 2.45) is 11.7 Å². The van der Waals surface area contributed by atoms with Crippen LogP contribution in [0.5, 0.6) is 0 Å². The Morgan fingerprint density at radius 2 is 2.09 bits per heavy atom. The summed E-state index contributed by atoms with van der Waals surface area (Å²) in [6.45, 7) is 3.74. The van der Waals surface area contributed by atoms with E-state index in [-0.39, 0.29) is 12.4 Å². The van der Waals surface area contributed by atoms with Gasteiger partial charge in [0.25, 0.3) is 5.89 Å². The predicted molar refractivity (Wildman–Crippen MR) is 88.7 cm³/mol. The van der Waals surface area contributed by atoms with E-state index in [1.165, 1.54) is 12.8 Å². The van der Waals surface area contributed by atoms with Gasteiger partial charge in [0.2, 0.25) is 0 Å². The van der Waals surface area contributed by atoms with Gasteiger partial charge >= 0.3 is 0 Å². The van der Waals surface area contributed by atoms with Gasteiger partial charge in [0.15, 0.2) is 5.82 Å². The fraction of sp³-hybridized carbons (Fsp3) is 0.500. The lowest BCUT2D eigenvalue weighted by Gasteiger charge is -2.31. The van der Waals surface area contributed by atoms with Crippen LogP contribution >= 0.6 is 12.4 Å². The molecule has 0 radical (unpaired) electrons. The van der Waals surface area contributed by atoms with E-state index in [1.807, 2.05) is 30.3 Å². The molecule has 1 aliphatic heterocycles. The van der Waals surface area contributed by atoms with E-state index in [1.54, 1.807) is 0 Å². The van der Waals surface area contributed by atoms with E-state index in [0.717, 1.165) is 44.0 Å². The molecule has 1 saturated heterocycles. The summed E-state index contributed by atoms with van der Waals surface area (Å²) in [7, 11) is 0. The molecule has 120 valence electrons. The average Bonchev–Trinajstić information content (AvgIpc) is 2.97. The van der Waals surface area contributed by atoms with E-state index >= 15 is 0 Å². The molecule has 1 aromatic carbocycles. The molecule has 1 aliphatic rings. The van der Waals surface area contributed by atoms with Gasteiger partial charge in [-0.05, 0) is 50.4 Å². The van der Waals surface area contributed by atoms with Crippen LogP contribution in [-0.2, 0) is 6.54 Å². The molecule has 0 amide bonds. The van der Waals surface area contributed by atoms with Crippen molar-refractivity contribution in [1.82, 2.24) is 15.0 Å². The molecule has 22 heavy (non-hydrogen) atoms. The van der Waals surface area contributed by atoms with Crippen molar-refractivity contribution in [2.75, 3.05) is 19.6 Å². The van der Waals surface area contributed by atoms with Crippen LogP contribution in [0.3, 0.4) is 0 Å². The summed E-state index contributed by atoms with van der Waals surface area (Å²) in [5, 5.41) is 4.11. The second kappa shape index (κ2) is 8.27. The van der Waals surface area contributed by atoms with Crippen LogP contribution in [-0.4, -0.2) is 34.7 Å². The predicted octanol–water partition coefficient (Wildman–Crippen LogP) is 2.72. The number of benzene rings is 1. The van der Waals surface area contributed by atoms with Gasteiger partial charge in [0.05, 0.1) is 6.54 Å². The number of rotatable bonds is 5. The van der Waals surface area contributed by atoms with Crippen molar-refractivity contribution in [1.29, 1.82) is 0 Å². The lowest BCUT2D eigenvalue weighted by atomic mass is 9.95. The first-order valence-electron chi connectivity index (χ1n) is 7.65. The van der Waals surface area contributed by atoms with Crippen molar-refractivity contribution < 1.29 is 4.52 Å². The number of halogens is 1. The van der Waals surface area contributed by atoms with Gasteiger partial charge in [-0.3, -0.25) is 4.90 Å². The molecule has 5 nitrogen and oxygen atoms in total. The number of likely N-dealkylation sites (tertiary alicyclic amines) is 1. The first-order valence-corrected chi connectivity index (χ1v) is 7.65. The lowest BCUT2D eigenvalue weighted by Crippen LogP contribution is -2.35. The van der Waals surface area contributed by atoms with Crippen molar-refractivity contribution in [3.05, 3.63) is 36.2 Å². The Balaban J connectivity index is 0.00000176. The average molecular weight is 323 g/mol. The Morgan fingerprint density at radius 1 is 1.27 bits per heavy atom. The third-order valence-electron chi connectivity index (χ3n) is 4.03. The SMILES string of the molecule is Cl.NCCC1CCCN(Cc2noc(-c3ccccc3)n2)C1. The normalized spacial score (nSPS) is 18.9. The summed E-state index contributed by atoms with van der Waals surface area (Å²) in [6.07, 6.45) is 3.63. The second-order valence-electron chi connectivity index (χ2n) is 5.70. The molecule has 2 aromatic rings. The van der Waals surface area contributed by atoms with Crippen LogP contribution in [0, 0.1) is 5.92 Å². The smallest absolute Gasteiger partial charge is 0.257 e. The lowest BCUT2D eigenvalue weighted by molar-refractivity contribution is 0.158. The number of hydrogen-bond acceptors (Lipinski definition) is 5. The molecule has 1 unspecified atom stereocenters. The Kier molecular flexibility index (Phi) is 6.36. The molecule has 0 bridgehead atoms. The van der Waals surface area contributed by atoms with Gasteiger partial charge in [0, 0.05) is 12.1 Å². The minimum atomic E-state index is 0. The molecule has 1 aromatic heterocycles. The maximum atomic E-state index is 5.67. The molecule has 0 spiro atoms. The highest BCUT2D eigenvalue weighted by atomic mass is 35.5. The van der Waals surface area contributed by atoms with E-state index in [0.29, 0.717) is 11.8 Å². The van der Waals surface area contributed by atoms with E-state index < -0.39 is 0 Å². The zero-order chi connectivity index (χ0) is 14.5. The van der Waals surface area contributed by atoms with E-state index in [2.05, 4.69) is 15.0 Å². The maximum absolute atomic E-state index is 5.67. The molecule has 3 rings (SSSR count). The van der Waals surface area contributed by atoms with Gasteiger partial charge in [-0.15, -0.1) is 12.4 Å². The number of piperidine rings is 1. The Hall–Kier alpha value is -1.43. The molecule has 0 saturated carbocycles. The molecular formula is C16H23ClN4O. The van der Waals surface area contributed by atoms with Crippen LogP contribution in [0.4, 0.5) is 0 Å². The minimum absolute atomic E-state index is 0. The molecule has 6 heteroatoms. The molecule has 1 fully saturated rings. The van der Waals surface area contributed by atoms with Crippen LogP contribution < -0.4 is 5.73 Å². The zero-order valence-electron chi connectivity index (χ0n) is 12.6. The molecular weight excluding hydrogens is 300 g/mol. The number of nitrogens with two attached hydrogens (primary N) is 1. The molecule has 2 heterocycles. The quantitative estimate of drug-likeness (QED) is 0.916. The minimum Gasteiger partial charge on any atom is -0.334 e. The summed E-state index contributed by atoms with van der Waals surface area (Å²) in [6, 6.07) is 9.89. The van der Waals surface area contributed by atoms with E-state index in [9.17, 15) is 0 Å². The third kappa shape index (κ3) is 4.29. The van der Waals surface area contributed by atoms with Gasteiger partial charge < -0.3 is 10.3 Å². The van der Waals surface area contributed by atoms with Crippen molar-refractivity contribution >= 4 is 12.4 Å². The van der Waals surface area contributed by atoms with Gasteiger partial charge in [-0.2, -0.15) is 4.98 Å². The standard InChI is InChI=1S/C16H22N4O.ClH/c17-9-8-13-5-4-10-20(11-13)12-15-18-16(21-19-15)14-6-2-1-3-7-14;/h1-3,6-7,13H,4-5,8-12,17H2;1H. The third-order valence-corrected chi connectivity index (χ3v) is 4.03. The topological polar surface area (TPSA) is 68.2 Å². The van der Waals surface area contributed by atoms with Crippen molar-refractivity contribution in [3.63, 3.8) is 0 Å². The maximum Gasteiger partial charge on any atom is 0.257 e. The summed E-state index contributed by atoms with van der Waals surface area (Å²) >= 11 is 0. The van der Waals surface area contributed by atoms with Crippen molar-refractivity contribution in [2.45, 2.75) is 25.8 Å². The first kappa shape index (κ1) is 16.9. The van der Waals surface area contributed by atoms with Crippen molar-refractivity contribution in [3.8, 4) is 11.5 Å². The van der Waals surface area contributed by atoms with Crippen LogP contribution in [0.15, 0.2) is 34.9 Å². The Labute approximate surface area is 137 Å². The summed E-state index contributed by atoms with van der Waals surface area (Å²) in [4.78, 5) is 6.91. The number of hydrogen-bond donors (Lipinski definition) is 1. The molecule has 0 aliphatic carbocycles. The van der Waals surface area contributed by atoms with Crippen LogP contribution in [0.1, 0.15) is 25.1 Å². The summed E-state index contributed by atoms with van der Waals surface area (Å²) < 4.78 is 5.36. The number of aromatic nitrogens is 2. The number of nitrogens with zero attached hydrogens (tertiary/aromatic N) is 3. The largest absolute Gasteiger partial charge is 0.334 e. The van der Waals surface area contributed by atoms with E-state index in [4.69, 9.17) is 10.3 Å². The highest BCUT2D eigenvalue weighted by molar-refractivity contribution is 5.85. The molecule has 1 atom stereocenters. The monoisotopic (exact) mass is 322 g/mol. The first-order chi connectivity index (χ1) is 10.3. The van der Waals surface area contributed by atoms with Gasteiger partial charge in [-0.25, -0.2) is 0 Å². The van der Waals surface area contributed by atoms with Gasteiger partial charge in [-0.1, -0.05) is 23.4 Å². The van der Waals surface area contributed by atoms with Crippen LogP contribution in [0.25, 0.3) is 11.5 Å². The Morgan fingerprint density at radius 3 is 2.86 bits per heavy atom. The Bertz CT molecular complexity index is 558. The van der Waals surface area contributed by atoms with Gasteiger partial charge in [0.1, 0.15) is 0 Å². The van der Waals surface area contributed by atoms with Crippen LogP contribution in [0.2, 0.25) is 0 Å². The summed E-state index contributed by atoms with van der Waals surface area (Å²) in [5.74, 6) is 2.08. The summed E-state index contributed by atoms with van der Waals surface area (Å²) in [5.41, 5.74) is 6.64. The fourth-order valence-electron chi connectivity index (χ4n) is 2.98. The molecule has 2 N–H and O–H groups in total. The highest BCUT2D eigenvalue weighted by Gasteiger charge is 2.21. The highest BCUT2D eigenvalue weighted by Crippen LogP contribution is 2.21. The second-order valence-corrected chi connectivity index (χ2v) is 5.70. The zero-order valence-corrected chi connectivity index (χ0v) is 13.5. The fourth-order valence-corrected chi connectivity index (χ4v) is 2.98.